The fourth-order valence-electron chi connectivity index (χ4n) is 2.41. The first kappa shape index (κ1) is 12.1. The first-order chi connectivity index (χ1) is 8.22. The summed E-state index contributed by atoms with van der Waals surface area (Å²) in [4.78, 5) is 13.9. The highest BCUT2D eigenvalue weighted by molar-refractivity contribution is 5.84. The summed E-state index contributed by atoms with van der Waals surface area (Å²) in [5.41, 5.74) is 1.30. The van der Waals surface area contributed by atoms with Crippen molar-refractivity contribution in [3.05, 3.63) is 35.9 Å². The van der Waals surface area contributed by atoms with Gasteiger partial charge in [0.25, 0.3) is 0 Å². The minimum atomic E-state index is 0.0259. The van der Waals surface area contributed by atoms with Gasteiger partial charge in [-0.05, 0) is 24.9 Å². The zero-order valence-corrected chi connectivity index (χ0v) is 10.5. The van der Waals surface area contributed by atoms with Crippen molar-refractivity contribution in [2.75, 3.05) is 20.1 Å². The molecule has 1 aromatic carbocycles. The average molecular weight is 232 g/mol. The van der Waals surface area contributed by atoms with E-state index in [9.17, 15) is 4.79 Å². The van der Waals surface area contributed by atoms with Gasteiger partial charge in [-0.15, -0.1) is 0 Å². The number of carbonyl (C=O) groups is 1. The molecule has 1 amide bonds. The smallest absolute Gasteiger partial charge is 0.239 e. The summed E-state index contributed by atoms with van der Waals surface area (Å²) in [6.07, 6.45) is 0.927. The molecule has 1 aliphatic rings. The third-order valence-corrected chi connectivity index (χ3v) is 3.51. The zero-order chi connectivity index (χ0) is 12.3. The van der Waals surface area contributed by atoms with Crippen LogP contribution in [-0.2, 0) is 4.79 Å². The Morgan fingerprint density at radius 3 is 2.71 bits per heavy atom. The predicted molar refractivity (Wildman–Crippen MR) is 68.9 cm³/mol. The van der Waals surface area contributed by atoms with E-state index in [0.717, 1.165) is 19.5 Å². The van der Waals surface area contributed by atoms with Crippen molar-refractivity contribution < 1.29 is 4.79 Å². The van der Waals surface area contributed by atoms with E-state index in [1.165, 1.54) is 5.56 Å². The first-order valence-electron chi connectivity index (χ1n) is 6.23. The number of benzene rings is 1. The van der Waals surface area contributed by atoms with Crippen LogP contribution in [0.4, 0.5) is 0 Å². The SMILES string of the molecule is CNC1CCN(CC(C)c2ccccc2)C1=O. The van der Waals surface area contributed by atoms with Crippen molar-refractivity contribution in [3.8, 4) is 0 Å². The van der Waals surface area contributed by atoms with Gasteiger partial charge in [0, 0.05) is 13.1 Å². The van der Waals surface area contributed by atoms with Crippen molar-refractivity contribution in [1.29, 1.82) is 0 Å². The van der Waals surface area contributed by atoms with Crippen LogP contribution >= 0.6 is 0 Å². The molecule has 1 aromatic rings. The summed E-state index contributed by atoms with van der Waals surface area (Å²) < 4.78 is 0. The number of nitrogens with one attached hydrogen (secondary N) is 1. The number of rotatable bonds is 4. The van der Waals surface area contributed by atoms with Crippen LogP contribution in [-0.4, -0.2) is 37.0 Å². The molecule has 17 heavy (non-hydrogen) atoms. The van der Waals surface area contributed by atoms with Gasteiger partial charge in [-0.25, -0.2) is 0 Å². The van der Waals surface area contributed by atoms with Crippen molar-refractivity contribution in [3.63, 3.8) is 0 Å². The number of hydrogen-bond acceptors (Lipinski definition) is 2. The third-order valence-electron chi connectivity index (χ3n) is 3.51. The Kier molecular flexibility index (Phi) is 3.79. The molecular weight excluding hydrogens is 212 g/mol. The molecular formula is C14H20N2O. The van der Waals surface area contributed by atoms with Gasteiger partial charge in [0.2, 0.25) is 5.91 Å². The number of hydrogen-bond donors (Lipinski definition) is 1. The van der Waals surface area contributed by atoms with Crippen LogP contribution in [0, 0.1) is 0 Å². The molecule has 0 radical (unpaired) electrons. The predicted octanol–water partition coefficient (Wildman–Crippen LogP) is 1.61. The molecule has 2 atom stereocenters. The molecule has 0 aliphatic carbocycles. The number of amides is 1. The van der Waals surface area contributed by atoms with E-state index < -0.39 is 0 Å². The molecule has 1 fully saturated rings. The molecule has 0 aromatic heterocycles. The lowest BCUT2D eigenvalue weighted by molar-refractivity contribution is -0.129. The second-order valence-electron chi connectivity index (χ2n) is 4.73. The molecule has 3 heteroatoms. The number of likely N-dealkylation sites (tertiary alicyclic amines) is 1. The molecule has 0 saturated carbocycles. The second kappa shape index (κ2) is 5.32. The maximum Gasteiger partial charge on any atom is 0.239 e. The van der Waals surface area contributed by atoms with Gasteiger partial charge in [-0.2, -0.15) is 0 Å². The number of likely N-dealkylation sites (N-methyl/N-ethyl adjacent to an activating group) is 1. The Labute approximate surface area is 103 Å². The Bertz CT molecular complexity index is 377. The van der Waals surface area contributed by atoms with Gasteiger partial charge < -0.3 is 10.2 Å². The minimum absolute atomic E-state index is 0.0259. The lowest BCUT2D eigenvalue weighted by Crippen LogP contribution is -2.37. The van der Waals surface area contributed by atoms with Crippen LogP contribution < -0.4 is 5.32 Å². The highest BCUT2D eigenvalue weighted by atomic mass is 16.2. The highest BCUT2D eigenvalue weighted by Gasteiger charge is 2.30. The fraction of sp³-hybridized carbons (Fsp3) is 0.500. The molecule has 1 aliphatic heterocycles. The molecule has 2 rings (SSSR count). The summed E-state index contributed by atoms with van der Waals surface area (Å²) in [5, 5.41) is 3.07. The molecule has 1 saturated heterocycles. The van der Waals surface area contributed by atoms with E-state index in [1.54, 1.807) is 0 Å². The number of nitrogens with zero attached hydrogens (tertiary/aromatic N) is 1. The monoisotopic (exact) mass is 232 g/mol. The quantitative estimate of drug-likeness (QED) is 0.855. The Morgan fingerprint density at radius 2 is 2.12 bits per heavy atom. The Morgan fingerprint density at radius 1 is 1.41 bits per heavy atom. The van der Waals surface area contributed by atoms with Crippen molar-refractivity contribution in [2.24, 2.45) is 0 Å². The average Bonchev–Trinajstić information content (AvgIpc) is 2.71. The maximum absolute atomic E-state index is 12.0. The summed E-state index contributed by atoms with van der Waals surface area (Å²) in [7, 11) is 1.85. The lowest BCUT2D eigenvalue weighted by Gasteiger charge is -2.21. The van der Waals surface area contributed by atoms with E-state index in [4.69, 9.17) is 0 Å². The molecule has 3 nitrogen and oxygen atoms in total. The second-order valence-corrected chi connectivity index (χ2v) is 4.73. The fourth-order valence-corrected chi connectivity index (χ4v) is 2.41. The topological polar surface area (TPSA) is 32.3 Å². The first-order valence-corrected chi connectivity index (χ1v) is 6.23. The van der Waals surface area contributed by atoms with Gasteiger partial charge in [0.15, 0.2) is 0 Å². The molecule has 1 heterocycles. The van der Waals surface area contributed by atoms with Crippen LogP contribution in [0.5, 0.6) is 0 Å². The summed E-state index contributed by atoms with van der Waals surface area (Å²) in [6, 6.07) is 10.4. The maximum atomic E-state index is 12.0. The third kappa shape index (κ3) is 2.67. The minimum Gasteiger partial charge on any atom is -0.341 e. The molecule has 1 N–H and O–H groups in total. The van der Waals surface area contributed by atoms with Gasteiger partial charge in [-0.1, -0.05) is 37.3 Å². The summed E-state index contributed by atoms with van der Waals surface area (Å²) >= 11 is 0. The van der Waals surface area contributed by atoms with Gasteiger partial charge in [-0.3, -0.25) is 4.79 Å². The van der Waals surface area contributed by atoms with E-state index in [2.05, 4.69) is 24.4 Å². The van der Waals surface area contributed by atoms with E-state index in [0.29, 0.717) is 5.92 Å². The van der Waals surface area contributed by atoms with Crippen LogP contribution in [0.1, 0.15) is 24.8 Å². The zero-order valence-electron chi connectivity index (χ0n) is 10.5. The Hall–Kier alpha value is -1.35. The van der Waals surface area contributed by atoms with Gasteiger partial charge >= 0.3 is 0 Å². The highest BCUT2D eigenvalue weighted by Crippen LogP contribution is 2.19. The van der Waals surface area contributed by atoms with Crippen molar-refractivity contribution >= 4 is 5.91 Å². The molecule has 2 unspecified atom stereocenters. The normalized spacial score (nSPS) is 21.9. The van der Waals surface area contributed by atoms with E-state index in [-0.39, 0.29) is 11.9 Å². The van der Waals surface area contributed by atoms with E-state index in [1.807, 2.05) is 30.1 Å². The molecule has 0 bridgehead atoms. The van der Waals surface area contributed by atoms with Crippen LogP contribution in [0.15, 0.2) is 30.3 Å². The molecule has 0 spiro atoms. The summed E-state index contributed by atoms with van der Waals surface area (Å²) in [6.45, 7) is 3.87. The molecule has 92 valence electrons. The lowest BCUT2D eigenvalue weighted by atomic mass is 10.0. The Balaban J connectivity index is 1.96. The van der Waals surface area contributed by atoms with Crippen LogP contribution in [0.2, 0.25) is 0 Å². The van der Waals surface area contributed by atoms with Crippen LogP contribution in [0.25, 0.3) is 0 Å². The standard InChI is InChI=1S/C14H20N2O/c1-11(12-6-4-3-5-7-12)10-16-9-8-13(15-2)14(16)17/h3-7,11,13,15H,8-10H2,1-2H3. The largest absolute Gasteiger partial charge is 0.341 e. The number of carbonyl (C=O) groups excluding carboxylic acids is 1. The summed E-state index contributed by atoms with van der Waals surface area (Å²) in [5.74, 6) is 0.644. The van der Waals surface area contributed by atoms with Crippen molar-refractivity contribution in [2.45, 2.75) is 25.3 Å². The van der Waals surface area contributed by atoms with E-state index >= 15 is 0 Å². The van der Waals surface area contributed by atoms with Crippen LogP contribution in [0.3, 0.4) is 0 Å². The van der Waals surface area contributed by atoms with Crippen molar-refractivity contribution in [1.82, 2.24) is 10.2 Å². The van der Waals surface area contributed by atoms with Gasteiger partial charge in [0.05, 0.1) is 6.04 Å². The van der Waals surface area contributed by atoms with Gasteiger partial charge in [0.1, 0.15) is 0 Å².